The molecule has 0 amide bonds. The lowest BCUT2D eigenvalue weighted by Crippen LogP contribution is -1.98. The molecule has 0 bridgehead atoms. The van der Waals surface area contributed by atoms with Crippen LogP contribution in [0.25, 0.3) is 0 Å². The van der Waals surface area contributed by atoms with Crippen LogP contribution < -0.4 is 4.74 Å². The highest BCUT2D eigenvalue weighted by Crippen LogP contribution is 2.21. The van der Waals surface area contributed by atoms with Crippen molar-refractivity contribution >= 4 is 28.9 Å². The van der Waals surface area contributed by atoms with Gasteiger partial charge in [-0.3, -0.25) is 4.79 Å². The van der Waals surface area contributed by atoms with E-state index in [0.29, 0.717) is 6.29 Å². The van der Waals surface area contributed by atoms with Crippen molar-refractivity contribution in [2.45, 2.75) is 0 Å². The quantitative estimate of drug-likeness (QED) is 0.611. The second-order valence-electron chi connectivity index (χ2n) is 1.97. The number of rotatable bonds is 2. The van der Waals surface area contributed by atoms with Gasteiger partial charge in [-0.1, -0.05) is 0 Å². The molecular formula is C7H5FINO2. The molecule has 0 aromatic carbocycles. The number of methoxy groups -OCH3 is 1. The molecule has 0 fully saturated rings. The standard InChI is InChI=1S/C7H5FINO2/c1-12-7-5(8)6(9)4(3-11)2-10-7/h2-3H,1H3. The van der Waals surface area contributed by atoms with Crippen molar-refractivity contribution in [3.63, 3.8) is 0 Å². The molecule has 64 valence electrons. The Labute approximate surface area is 82.1 Å². The monoisotopic (exact) mass is 281 g/mol. The maximum atomic E-state index is 13.1. The van der Waals surface area contributed by atoms with Crippen LogP contribution in [0.3, 0.4) is 0 Å². The molecule has 0 aliphatic carbocycles. The van der Waals surface area contributed by atoms with Crippen molar-refractivity contribution < 1.29 is 13.9 Å². The van der Waals surface area contributed by atoms with Crippen molar-refractivity contribution in [2.75, 3.05) is 7.11 Å². The Hall–Kier alpha value is -0.720. The summed E-state index contributed by atoms with van der Waals surface area (Å²) in [6, 6.07) is 0. The molecule has 12 heavy (non-hydrogen) atoms. The van der Waals surface area contributed by atoms with E-state index in [1.165, 1.54) is 13.3 Å². The zero-order valence-corrected chi connectivity index (χ0v) is 8.33. The van der Waals surface area contributed by atoms with Gasteiger partial charge in [-0.25, -0.2) is 4.98 Å². The highest BCUT2D eigenvalue weighted by atomic mass is 127. The van der Waals surface area contributed by atoms with E-state index >= 15 is 0 Å². The van der Waals surface area contributed by atoms with Gasteiger partial charge in [0.15, 0.2) is 12.1 Å². The number of aldehydes is 1. The van der Waals surface area contributed by atoms with Crippen molar-refractivity contribution in [2.24, 2.45) is 0 Å². The van der Waals surface area contributed by atoms with Gasteiger partial charge in [0.1, 0.15) is 0 Å². The molecule has 0 aliphatic heterocycles. The summed E-state index contributed by atoms with van der Waals surface area (Å²) >= 11 is 1.73. The summed E-state index contributed by atoms with van der Waals surface area (Å²) in [5.41, 5.74) is 0.230. The average molecular weight is 281 g/mol. The van der Waals surface area contributed by atoms with E-state index in [4.69, 9.17) is 0 Å². The Morgan fingerprint density at radius 3 is 2.92 bits per heavy atom. The minimum Gasteiger partial charge on any atom is -0.479 e. The largest absolute Gasteiger partial charge is 0.479 e. The molecule has 1 aromatic rings. The third-order valence-corrected chi connectivity index (χ3v) is 2.37. The van der Waals surface area contributed by atoms with Crippen LogP contribution in [0.2, 0.25) is 0 Å². The van der Waals surface area contributed by atoms with E-state index < -0.39 is 5.82 Å². The Bertz CT molecular complexity index is 317. The lowest BCUT2D eigenvalue weighted by Gasteiger charge is -2.02. The number of nitrogens with zero attached hydrogens (tertiary/aromatic N) is 1. The number of hydrogen-bond acceptors (Lipinski definition) is 3. The van der Waals surface area contributed by atoms with Crippen molar-refractivity contribution in [3.05, 3.63) is 21.1 Å². The summed E-state index contributed by atoms with van der Waals surface area (Å²) in [6.07, 6.45) is 1.83. The molecular weight excluding hydrogens is 276 g/mol. The normalized spacial score (nSPS) is 9.58. The number of hydrogen-bond donors (Lipinski definition) is 0. The molecule has 0 aliphatic rings. The molecule has 0 unspecified atom stereocenters. The van der Waals surface area contributed by atoms with Gasteiger partial charge >= 0.3 is 0 Å². The van der Waals surface area contributed by atoms with Crippen molar-refractivity contribution in [1.29, 1.82) is 0 Å². The Morgan fingerprint density at radius 1 is 1.75 bits per heavy atom. The second kappa shape index (κ2) is 3.79. The third kappa shape index (κ3) is 1.55. The van der Waals surface area contributed by atoms with Gasteiger partial charge in [0.05, 0.1) is 10.7 Å². The summed E-state index contributed by atoms with van der Waals surface area (Å²) < 4.78 is 17.9. The number of ether oxygens (including phenoxy) is 1. The summed E-state index contributed by atoms with van der Waals surface area (Å²) in [5.74, 6) is -0.687. The van der Waals surface area contributed by atoms with Gasteiger partial charge in [-0.2, -0.15) is 4.39 Å². The first-order valence-corrected chi connectivity index (χ1v) is 4.11. The fourth-order valence-electron chi connectivity index (χ4n) is 0.687. The fraction of sp³-hybridized carbons (Fsp3) is 0.143. The number of pyridine rings is 1. The Balaban J connectivity index is 3.29. The number of carbonyl (C=O) groups is 1. The van der Waals surface area contributed by atoms with Crippen LogP contribution in [0.5, 0.6) is 5.88 Å². The topological polar surface area (TPSA) is 39.2 Å². The van der Waals surface area contributed by atoms with E-state index in [9.17, 15) is 9.18 Å². The Kier molecular flexibility index (Phi) is 2.96. The predicted octanol–water partition coefficient (Wildman–Crippen LogP) is 1.65. The predicted molar refractivity (Wildman–Crippen MR) is 48.9 cm³/mol. The van der Waals surface area contributed by atoms with Crippen LogP contribution >= 0.6 is 22.6 Å². The maximum Gasteiger partial charge on any atom is 0.251 e. The number of halogens is 2. The van der Waals surface area contributed by atoms with Crippen molar-refractivity contribution in [1.82, 2.24) is 4.98 Å². The summed E-state index contributed by atoms with van der Waals surface area (Å²) in [4.78, 5) is 13.9. The SMILES string of the molecule is COc1ncc(C=O)c(I)c1F. The summed E-state index contributed by atoms with van der Waals surface area (Å²) in [6.45, 7) is 0. The van der Waals surface area contributed by atoms with E-state index in [1.807, 2.05) is 0 Å². The molecule has 0 atom stereocenters. The lowest BCUT2D eigenvalue weighted by atomic mass is 10.3. The van der Waals surface area contributed by atoms with Gasteiger partial charge < -0.3 is 4.74 Å². The molecule has 1 aromatic heterocycles. The molecule has 0 saturated carbocycles. The smallest absolute Gasteiger partial charge is 0.251 e. The molecule has 0 saturated heterocycles. The van der Waals surface area contributed by atoms with Gasteiger partial charge in [0.2, 0.25) is 0 Å². The van der Waals surface area contributed by atoms with Crippen molar-refractivity contribution in [3.8, 4) is 5.88 Å². The van der Waals surface area contributed by atoms with Crippen LogP contribution in [0.1, 0.15) is 10.4 Å². The van der Waals surface area contributed by atoms with E-state index in [2.05, 4.69) is 9.72 Å². The third-order valence-electron chi connectivity index (χ3n) is 1.28. The van der Waals surface area contributed by atoms with Gasteiger partial charge in [-0.15, -0.1) is 0 Å². The molecule has 5 heteroatoms. The summed E-state index contributed by atoms with van der Waals surface area (Å²) in [5, 5.41) is 0. The molecule has 3 nitrogen and oxygen atoms in total. The first kappa shape index (κ1) is 9.37. The van der Waals surface area contributed by atoms with Crippen LogP contribution in [0.4, 0.5) is 4.39 Å². The lowest BCUT2D eigenvalue weighted by molar-refractivity contribution is 0.112. The van der Waals surface area contributed by atoms with Gasteiger partial charge in [-0.05, 0) is 22.6 Å². The fourth-order valence-corrected chi connectivity index (χ4v) is 1.18. The van der Waals surface area contributed by atoms with Crippen LogP contribution in [0, 0.1) is 9.39 Å². The summed E-state index contributed by atoms with van der Waals surface area (Å²) in [7, 11) is 1.32. The maximum absolute atomic E-state index is 13.1. The average Bonchev–Trinajstić information content (AvgIpc) is 2.10. The number of aromatic nitrogens is 1. The highest BCUT2D eigenvalue weighted by Gasteiger charge is 2.11. The second-order valence-corrected chi connectivity index (χ2v) is 3.05. The minimum atomic E-state index is -0.595. The van der Waals surface area contributed by atoms with E-state index in [0.717, 1.165) is 0 Å². The zero-order chi connectivity index (χ0) is 9.14. The molecule has 1 rings (SSSR count). The van der Waals surface area contributed by atoms with E-state index in [-0.39, 0.29) is 15.0 Å². The zero-order valence-electron chi connectivity index (χ0n) is 6.17. The van der Waals surface area contributed by atoms with Gasteiger partial charge in [0.25, 0.3) is 5.88 Å². The van der Waals surface area contributed by atoms with Gasteiger partial charge in [0, 0.05) is 11.8 Å². The first-order chi connectivity index (χ1) is 5.70. The molecule has 1 heterocycles. The van der Waals surface area contributed by atoms with Crippen LogP contribution in [-0.2, 0) is 0 Å². The Morgan fingerprint density at radius 2 is 2.42 bits per heavy atom. The number of carbonyl (C=O) groups excluding carboxylic acids is 1. The first-order valence-electron chi connectivity index (χ1n) is 3.04. The van der Waals surface area contributed by atoms with Crippen LogP contribution in [-0.4, -0.2) is 18.4 Å². The minimum absolute atomic E-state index is 0.0926. The highest BCUT2D eigenvalue weighted by molar-refractivity contribution is 14.1. The van der Waals surface area contributed by atoms with E-state index in [1.54, 1.807) is 22.6 Å². The molecule has 0 radical (unpaired) electrons. The molecule has 0 N–H and O–H groups in total. The van der Waals surface area contributed by atoms with Crippen LogP contribution in [0.15, 0.2) is 6.20 Å². The molecule has 0 spiro atoms.